The van der Waals surface area contributed by atoms with E-state index in [1.54, 1.807) is 11.8 Å². The van der Waals surface area contributed by atoms with Crippen LogP contribution in [0.2, 0.25) is 0 Å². The van der Waals surface area contributed by atoms with Crippen molar-refractivity contribution in [2.24, 2.45) is 0 Å². The zero-order chi connectivity index (χ0) is 9.61. The number of hydrogen-bond acceptors (Lipinski definition) is 3. The lowest BCUT2D eigenvalue weighted by molar-refractivity contribution is 0.153. The molecule has 0 fully saturated rings. The number of rotatable bonds is 6. The highest BCUT2D eigenvalue weighted by molar-refractivity contribution is 7.89. The molecule has 7 heteroatoms. The molecule has 0 heterocycles. The van der Waals surface area contributed by atoms with Crippen molar-refractivity contribution in [3.05, 3.63) is 0 Å². The monoisotopic (exact) mass is 202 g/mol. The van der Waals surface area contributed by atoms with Crippen molar-refractivity contribution in [2.75, 3.05) is 25.9 Å². The van der Waals surface area contributed by atoms with Gasteiger partial charge in [-0.15, -0.1) is 0 Å². The number of nitrogens with one attached hydrogen (secondary N) is 2. The summed E-state index contributed by atoms with van der Waals surface area (Å²) in [5.74, 6) is -0.184. The molecule has 0 aromatic heterocycles. The molecule has 0 aliphatic heterocycles. The molecule has 0 atom stereocenters. The fourth-order valence-corrected chi connectivity index (χ4v) is 1.50. The van der Waals surface area contributed by atoms with Crippen molar-refractivity contribution in [1.29, 1.82) is 0 Å². The Morgan fingerprint density at radius 1 is 1.42 bits per heavy atom. The molecule has 0 bridgehead atoms. The smallest absolute Gasteiger partial charge is 0.251 e. The second kappa shape index (κ2) is 5.39. The lowest BCUT2D eigenvalue weighted by atomic mass is 10.7. The third-order valence-corrected chi connectivity index (χ3v) is 2.43. The Morgan fingerprint density at radius 3 is 2.42 bits per heavy atom. The number of halogens is 2. The molecule has 0 rings (SSSR count). The maximum atomic E-state index is 11.5. The average Bonchev–Trinajstić information content (AvgIpc) is 1.98. The van der Waals surface area contributed by atoms with Crippen LogP contribution in [-0.4, -0.2) is 40.7 Å². The largest absolute Gasteiger partial charge is 0.319 e. The highest BCUT2D eigenvalue weighted by atomic mass is 32.2. The molecule has 0 radical (unpaired) electrons. The van der Waals surface area contributed by atoms with E-state index in [1.165, 1.54) is 0 Å². The molecular weight excluding hydrogens is 190 g/mol. The summed E-state index contributed by atoms with van der Waals surface area (Å²) in [6.07, 6.45) is -2.64. The Bertz CT molecular complexity index is 205. The van der Waals surface area contributed by atoms with E-state index in [9.17, 15) is 17.2 Å². The third kappa shape index (κ3) is 6.44. The van der Waals surface area contributed by atoms with Crippen molar-refractivity contribution in [2.45, 2.75) is 6.43 Å². The van der Waals surface area contributed by atoms with E-state index in [4.69, 9.17) is 0 Å². The minimum atomic E-state index is -3.53. The van der Waals surface area contributed by atoms with E-state index < -0.39 is 23.0 Å². The topological polar surface area (TPSA) is 58.2 Å². The SMILES string of the molecule is CNCCS(=O)(=O)NCC(F)F. The van der Waals surface area contributed by atoms with Crippen LogP contribution < -0.4 is 10.0 Å². The molecule has 0 aromatic carbocycles. The molecule has 0 aliphatic carbocycles. The van der Waals surface area contributed by atoms with Gasteiger partial charge in [-0.1, -0.05) is 0 Å². The van der Waals surface area contributed by atoms with Gasteiger partial charge in [-0.05, 0) is 7.05 Å². The van der Waals surface area contributed by atoms with Gasteiger partial charge in [-0.3, -0.25) is 0 Å². The normalized spacial score (nSPS) is 12.3. The van der Waals surface area contributed by atoms with E-state index in [1.807, 2.05) is 0 Å². The molecule has 0 aliphatic rings. The first-order chi connectivity index (χ1) is 5.48. The van der Waals surface area contributed by atoms with Gasteiger partial charge >= 0.3 is 0 Å². The maximum absolute atomic E-state index is 11.5. The molecule has 74 valence electrons. The lowest BCUT2D eigenvalue weighted by Crippen LogP contribution is -2.33. The summed E-state index contributed by atoms with van der Waals surface area (Å²) in [6, 6.07) is 0. The van der Waals surface area contributed by atoms with E-state index in [-0.39, 0.29) is 12.3 Å². The van der Waals surface area contributed by atoms with Crippen LogP contribution in [0, 0.1) is 0 Å². The standard InChI is InChI=1S/C5H12F2N2O2S/c1-8-2-3-12(10,11)9-4-5(6)7/h5,8-9H,2-4H2,1H3. The summed E-state index contributed by atoms with van der Waals surface area (Å²) in [6.45, 7) is -0.565. The molecule has 4 nitrogen and oxygen atoms in total. The van der Waals surface area contributed by atoms with Gasteiger partial charge in [0.05, 0.1) is 12.3 Å². The average molecular weight is 202 g/mol. The fourth-order valence-electron chi connectivity index (χ4n) is 0.499. The Morgan fingerprint density at radius 2 is 2.00 bits per heavy atom. The molecule has 2 N–H and O–H groups in total. The first-order valence-corrected chi connectivity index (χ1v) is 5.03. The third-order valence-electron chi connectivity index (χ3n) is 1.08. The minimum Gasteiger partial charge on any atom is -0.319 e. The van der Waals surface area contributed by atoms with E-state index in [0.29, 0.717) is 0 Å². The van der Waals surface area contributed by atoms with Gasteiger partial charge in [0.1, 0.15) is 0 Å². The maximum Gasteiger partial charge on any atom is 0.251 e. The first-order valence-electron chi connectivity index (χ1n) is 3.38. The van der Waals surface area contributed by atoms with Crippen molar-refractivity contribution in [3.8, 4) is 0 Å². The molecule has 0 unspecified atom stereocenters. The summed E-state index contributed by atoms with van der Waals surface area (Å²) in [5, 5.41) is 2.60. The summed E-state index contributed by atoms with van der Waals surface area (Å²) in [7, 11) is -1.95. The quantitative estimate of drug-likeness (QED) is 0.604. The summed E-state index contributed by atoms with van der Waals surface area (Å²) >= 11 is 0. The van der Waals surface area contributed by atoms with Crippen LogP contribution in [0.25, 0.3) is 0 Å². The van der Waals surface area contributed by atoms with Crippen molar-refractivity contribution in [1.82, 2.24) is 10.0 Å². The van der Waals surface area contributed by atoms with Crippen LogP contribution in [-0.2, 0) is 10.0 Å². The summed E-state index contributed by atoms with van der Waals surface area (Å²) in [5.41, 5.74) is 0. The van der Waals surface area contributed by atoms with E-state index in [0.717, 1.165) is 0 Å². The van der Waals surface area contributed by atoms with Crippen LogP contribution >= 0.6 is 0 Å². The predicted molar refractivity (Wildman–Crippen MR) is 41.7 cm³/mol. The van der Waals surface area contributed by atoms with Crippen molar-refractivity contribution < 1.29 is 17.2 Å². The Hall–Kier alpha value is -0.270. The first kappa shape index (κ1) is 11.7. The van der Waals surface area contributed by atoms with Crippen molar-refractivity contribution in [3.63, 3.8) is 0 Å². The molecule has 0 spiro atoms. The Labute approximate surface area is 70.4 Å². The lowest BCUT2D eigenvalue weighted by Gasteiger charge is -2.04. The second-order valence-corrected chi connectivity index (χ2v) is 4.09. The molecule has 0 saturated carbocycles. The zero-order valence-corrected chi connectivity index (χ0v) is 7.50. The molecule has 0 saturated heterocycles. The van der Waals surface area contributed by atoms with Crippen molar-refractivity contribution >= 4 is 10.0 Å². The molecule has 0 amide bonds. The van der Waals surface area contributed by atoms with Gasteiger partial charge in [0.2, 0.25) is 10.0 Å². The highest BCUT2D eigenvalue weighted by Crippen LogP contribution is 1.90. The van der Waals surface area contributed by atoms with Crippen LogP contribution in [0.15, 0.2) is 0 Å². The van der Waals surface area contributed by atoms with Gasteiger partial charge in [0.25, 0.3) is 6.43 Å². The molecule has 12 heavy (non-hydrogen) atoms. The van der Waals surface area contributed by atoms with Gasteiger partial charge in [0, 0.05) is 6.54 Å². The second-order valence-electron chi connectivity index (χ2n) is 2.16. The van der Waals surface area contributed by atoms with Crippen LogP contribution in [0.5, 0.6) is 0 Å². The zero-order valence-electron chi connectivity index (χ0n) is 6.68. The minimum absolute atomic E-state index is 0.184. The fraction of sp³-hybridized carbons (Fsp3) is 1.00. The number of hydrogen-bond donors (Lipinski definition) is 2. The highest BCUT2D eigenvalue weighted by Gasteiger charge is 2.11. The summed E-state index contributed by atoms with van der Waals surface area (Å²) in [4.78, 5) is 0. The van der Waals surface area contributed by atoms with E-state index in [2.05, 4.69) is 5.32 Å². The number of alkyl halides is 2. The van der Waals surface area contributed by atoms with Gasteiger partial charge in [-0.25, -0.2) is 21.9 Å². The van der Waals surface area contributed by atoms with Crippen LogP contribution in [0.1, 0.15) is 0 Å². The van der Waals surface area contributed by atoms with Gasteiger partial charge < -0.3 is 5.32 Å². The predicted octanol–water partition coefficient (Wildman–Crippen LogP) is -0.610. The van der Waals surface area contributed by atoms with Gasteiger partial charge in [0.15, 0.2) is 0 Å². The Kier molecular flexibility index (Phi) is 5.27. The molecular formula is C5H12F2N2O2S. The van der Waals surface area contributed by atoms with Gasteiger partial charge in [-0.2, -0.15) is 0 Å². The summed E-state index contributed by atoms with van der Waals surface area (Å²) < 4.78 is 46.5. The van der Waals surface area contributed by atoms with Crippen LogP contribution in [0.4, 0.5) is 8.78 Å². The molecule has 0 aromatic rings. The Balaban J connectivity index is 3.73. The van der Waals surface area contributed by atoms with Crippen LogP contribution in [0.3, 0.4) is 0 Å². The number of sulfonamides is 1. The van der Waals surface area contributed by atoms with E-state index >= 15 is 0 Å².